The SMILES string of the molecule is O=C(Oc1ccc2cc(-c3ccccn3)c(=O)oc2c1)c1ccncc1. The number of hydrogen-bond acceptors (Lipinski definition) is 6. The zero-order valence-electron chi connectivity index (χ0n) is 13.5. The molecular weight excluding hydrogens is 332 g/mol. The molecule has 1 aromatic carbocycles. The standard InChI is InChI=1S/C20H12N2O4/c23-19(13-6-9-21-10-7-13)25-15-5-4-14-11-16(17-3-1-2-8-22-17)20(24)26-18(14)12-15/h1-12H. The van der Waals surface area contributed by atoms with Crippen LogP contribution in [0.2, 0.25) is 0 Å². The molecule has 0 aliphatic rings. The molecule has 4 aromatic rings. The molecule has 126 valence electrons. The van der Waals surface area contributed by atoms with Crippen molar-refractivity contribution in [2.45, 2.75) is 0 Å². The fourth-order valence-electron chi connectivity index (χ4n) is 2.51. The van der Waals surface area contributed by atoms with Crippen LogP contribution in [0.3, 0.4) is 0 Å². The molecule has 26 heavy (non-hydrogen) atoms. The van der Waals surface area contributed by atoms with Gasteiger partial charge in [-0.2, -0.15) is 0 Å². The number of fused-ring (bicyclic) bond motifs is 1. The first-order chi connectivity index (χ1) is 12.7. The molecule has 0 N–H and O–H groups in total. The number of pyridine rings is 2. The van der Waals surface area contributed by atoms with E-state index in [1.807, 2.05) is 0 Å². The average molecular weight is 344 g/mol. The summed E-state index contributed by atoms with van der Waals surface area (Å²) in [5, 5.41) is 0.703. The second kappa shape index (κ2) is 6.60. The van der Waals surface area contributed by atoms with Gasteiger partial charge in [-0.05, 0) is 42.5 Å². The first-order valence-electron chi connectivity index (χ1n) is 7.82. The lowest BCUT2D eigenvalue weighted by atomic mass is 10.1. The molecule has 0 amide bonds. The second-order valence-electron chi connectivity index (χ2n) is 5.49. The summed E-state index contributed by atoms with van der Waals surface area (Å²) in [5.41, 5.74) is 1.12. The van der Waals surface area contributed by atoms with Crippen LogP contribution in [0.15, 0.2) is 82.4 Å². The van der Waals surface area contributed by atoms with Gasteiger partial charge < -0.3 is 9.15 Å². The Labute approximate surface area is 147 Å². The topological polar surface area (TPSA) is 82.3 Å². The maximum Gasteiger partial charge on any atom is 0.345 e. The van der Waals surface area contributed by atoms with Gasteiger partial charge in [0.25, 0.3) is 0 Å². The molecule has 0 saturated heterocycles. The van der Waals surface area contributed by atoms with E-state index in [0.29, 0.717) is 27.8 Å². The van der Waals surface area contributed by atoms with E-state index < -0.39 is 11.6 Å². The largest absolute Gasteiger partial charge is 0.423 e. The van der Waals surface area contributed by atoms with Crippen molar-refractivity contribution in [2.75, 3.05) is 0 Å². The lowest BCUT2D eigenvalue weighted by molar-refractivity contribution is 0.0735. The third-order valence-corrected chi connectivity index (χ3v) is 3.77. The van der Waals surface area contributed by atoms with Gasteiger partial charge in [0.1, 0.15) is 11.3 Å². The smallest absolute Gasteiger partial charge is 0.345 e. The molecule has 6 heteroatoms. The Morgan fingerprint density at radius 2 is 1.81 bits per heavy atom. The number of nitrogens with zero attached hydrogens (tertiary/aromatic N) is 2. The Balaban J connectivity index is 1.68. The van der Waals surface area contributed by atoms with Crippen molar-refractivity contribution in [2.24, 2.45) is 0 Å². The summed E-state index contributed by atoms with van der Waals surface area (Å²) in [7, 11) is 0. The van der Waals surface area contributed by atoms with Gasteiger partial charge in [0.05, 0.1) is 16.8 Å². The molecule has 3 heterocycles. The Bertz CT molecular complexity index is 1140. The summed E-state index contributed by atoms with van der Waals surface area (Å²) >= 11 is 0. The average Bonchev–Trinajstić information content (AvgIpc) is 2.69. The third-order valence-electron chi connectivity index (χ3n) is 3.77. The minimum atomic E-state index is -0.515. The predicted octanol–water partition coefficient (Wildman–Crippen LogP) is 3.47. The Hall–Kier alpha value is -3.80. The number of esters is 1. The minimum Gasteiger partial charge on any atom is -0.423 e. The molecule has 0 unspecified atom stereocenters. The lowest BCUT2D eigenvalue weighted by Gasteiger charge is -2.06. The number of aromatic nitrogens is 2. The van der Waals surface area contributed by atoms with Crippen molar-refractivity contribution in [1.82, 2.24) is 9.97 Å². The predicted molar refractivity (Wildman–Crippen MR) is 94.9 cm³/mol. The minimum absolute atomic E-state index is 0.285. The second-order valence-corrected chi connectivity index (χ2v) is 5.49. The zero-order chi connectivity index (χ0) is 17.9. The quantitative estimate of drug-likeness (QED) is 0.321. The van der Waals surface area contributed by atoms with Gasteiger partial charge in [-0.3, -0.25) is 9.97 Å². The first kappa shape index (κ1) is 15.7. The lowest BCUT2D eigenvalue weighted by Crippen LogP contribution is -2.08. The van der Waals surface area contributed by atoms with Gasteiger partial charge in [-0.25, -0.2) is 9.59 Å². The van der Waals surface area contributed by atoms with E-state index in [9.17, 15) is 9.59 Å². The zero-order valence-corrected chi connectivity index (χ0v) is 13.5. The van der Waals surface area contributed by atoms with Crippen LogP contribution < -0.4 is 10.4 Å². The van der Waals surface area contributed by atoms with Gasteiger partial charge >= 0.3 is 11.6 Å². The molecule has 3 aromatic heterocycles. The van der Waals surface area contributed by atoms with E-state index >= 15 is 0 Å². The fourth-order valence-corrected chi connectivity index (χ4v) is 2.51. The molecule has 0 bridgehead atoms. The van der Waals surface area contributed by atoms with Crippen LogP contribution in [0.1, 0.15) is 10.4 Å². The van der Waals surface area contributed by atoms with Crippen LogP contribution >= 0.6 is 0 Å². The summed E-state index contributed by atoms with van der Waals surface area (Å²) in [6.07, 6.45) is 4.63. The molecule has 0 aliphatic carbocycles. The van der Waals surface area contributed by atoms with Crippen molar-refractivity contribution in [3.63, 3.8) is 0 Å². The van der Waals surface area contributed by atoms with Crippen LogP contribution in [0, 0.1) is 0 Å². The summed E-state index contributed by atoms with van der Waals surface area (Å²) in [6, 6.07) is 15.0. The number of benzene rings is 1. The van der Waals surface area contributed by atoms with Crippen molar-refractivity contribution in [3.8, 4) is 17.0 Å². The monoisotopic (exact) mass is 344 g/mol. The maximum atomic E-state index is 12.3. The number of ether oxygens (including phenoxy) is 1. The van der Waals surface area contributed by atoms with Crippen molar-refractivity contribution in [3.05, 3.63) is 89.2 Å². The Morgan fingerprint density at radius 1 is 0.962 bits per heavy atom. The van der Waals surface area contributed by atoms with Crippen LogP contribution in [-0.4, -0.2) is 15.9 Å². The van der Waals surface area contributed by atoms with Crippen LogP contribution in [-0.2, 0) is 0 Å². The van der Waals surface area contributed by atoms with Gasteiger partial charge in [-0.15, -0.1) is 0 Å². The third kappa shape index (κ3) is 3.08. The first-order valence-corrected chi connectivity index (χ1v) is 7.82. The van der Waals surface area contributed by atoms with Gasteiger partial charge in [0.15, 0.2) is 0 Å². The number of carbonyl (C=O) groups excluding carboxylic acids is 1. The van der Waals surface area contributed by atoms with Gasteiger partial charge in [0.2, 0.25) is 0 Å². The summed E-state index contributed by atoms with van der Waals surface area (Å²) in [5.74, 6) is -0.229. The highest BCUT2D eigenvalue weighted by Gasteiger charge is 2.12. The fraction of sp³-hybridized carbons (Fsp3) is 0. The highest BCUT2D eigenvalue weighted by atomic mass is 16.5. The highest BCUT2D eigenvalue weighted by molar-refractivity contribution is 5.91. The van der Waals surface area contributed by atoms with Crippen molar-refractivity contribution in [1.29, 1.82) is 0 Å². The van der Waals surface area contributed by atoms with E-state index in [1.54, 1.807) is 54.7 Å². The van der Waals surface area contributed by atoms with E-state index in [0.717, 1.165) is 0 Å². The molecule has 0 radical (unpaired) electrons. The van der Waals surface area contributed by atoms with E-state index in [1.165, 1.54) is 18.5 Å². The molecule has 0 aliphatic heterocycles. The summed E-state index contributed by atoms with van der Waals surface area (Å²) in [4.78, 5) is 32.4. The maximum absolute atomic E-state index is 12.3. The number of carbonyl (C=O) groups is 1. The summed E-state index contributed by atoms with van der Waals surface area (Å²) in [6.45, 7) is 0. The van der Waals surface area contributed by atoms with Crippen LogP contribution in [0.4, 0.5) is 0 Å². The van der Waals surface area contributed by atoms with E-state index in [-0.39, 0.29) is 5.75 Å². The Morgan fingerprint density at radius 3 is 2.58 bits per heavy atom. The normalized spacial score (nSPS) is 10.6. The van der Waals surface area contributed by atoms with Crippen molar-refractivity contribution >= 4 is 16.9 Å². The van der Waals surface area contributed by atoms with Crippen molar-refractivity contribution < 1.29 is 13.9 Å². The van der Waals surface area contributed by atoms with E-state index in [4.69, 9.17) is 9.15 Å². The van der Waals surface area contributed by atoms with Crippen LogP contribution in [0.25, 0.3) is 22.2 Å². The Kier molecular flexibility index (Phi) is 3.99. The highest BCUT2D eigenvalue weighted by Crippen LogP contribution is 2.24. The molecule has 0 fully saturated rings. The molecule has 0 atom stereocenters. The molecule has 0 saturated carbocycles. The van der Waals surface area contributed by atoms with Gasteiger partial charge in [-0.1, -0.05) is 6.07 Å². The molecule has 0 spiro atoms. The molecule has 6 nitrogen and oxygen atoms in total. The van der Waals surface area contributed by atoms with Gasteiger partial charge in [0, 0.05) is 30.0 Å². The van der Waals surface area contributed by atoms with Crippen LogP contribution in [0.5, 0.6) is 5.75 Å². The number of rotatable bonds is 3. The molecular formula is C20H12N2O4. The molecule has 4 rings (SSSR count). The number of hydrogen-bond donors (Lipinski definition) is 0. The summed E-state index contributed by atoms with van der Waals surface area (Å²) < 4.78 is 10.7. The van der Waals surface area contributed by atoms with E-state index in [2.05, 4.69) is 9.97 Å².